The Hall–Kier alpha value is -2.21. The molecule has 8 heteroatoms. The molecule has 0 aliphatic rings. The lowest BCUT2D eigenvalue weighted by molar-refractivity contribution is 0.579. The van der Waals surface area contributed by atoms with E-state index in [4.69, 9.17) is 5.73 Å². The highest BCUT2D eigenvalue weighted by Crippen LogP contribution is 2.14. The first kappa shape index (κ1) is 14.2. The molecule has 0 aliphatic heterocycles. The Morgan fingerprint density at radius 1 is 1.35 bits per heavy atom. The molecule has 2 rings (SSSR count). The molecule has 0 radical (unpaired) electrons. The summed E-state index contributed by atoms with van der Waals surface area (Å²) in [5.41, 5.74) is 5.71. The van der Waals surface area contributed by atoms with Gasteiger partial charge in [0.15, 0.2) is 0 Å². The molecule has 20 heavy (non-hydrogen) atoms. The van der Waals surface area contributed by atoms with E-state index < -0.39 is 10.0 Å². The number of hydrogen-bond acceptors (Lipinski definition) is 5. The Labute approximate surface area is 116 Å². The molecule has 0 saturated heterocycles. The van der Waals surface area contributed by atoms with Crippen LogP contribution < -0.4 is 10.5 Å². The van der Waals surface area contributed by atoms with Gasteiger partial charge in [0.2, 0.25) is 10.0 Å². The van der Waals surface area contributed by atoms with E-state index in [-0.39, 0.29) is 18.0 Å². The summed E-state index contributed by atoms with van der Waals surface area (Å²) in [6.07, 6.45) is 1.31. The van der Waals surface area contributed by atoms with Crippen molar-refractivity contribution in [3.05, 3.63) is 42.0 Å². The van der Waals surface area contributed by atoms with Crippen LogP contribution in [0.25, 0.3) is 0 Å². The van der Waals surface area contributed by atoms with Crippen molar-refractivity contribution in [2.45, 2.75) is 11.4 Å². The molecule has 0 unspecified atom stereocenters. The molecule has 0 bridgehead atoms. The molecular formula is C12H13N5O2S. The molecule has 0 spiro atoms. The number of benzene rings is 1. The fourth-order valence-electron chi connectivity index (χ4n) is 1.51. The molecular weight excluding hydrogens is 278 g/mol. The van der Waals surface area contributed by atoms with Gasteiger partial charge in [0, 0.05) is 5.56 Å². The second kappa shape index (κ2) is 6.29. The van der Waals surface area contributed by atoms with Gasteiger partial charge in [0.1, 0.15) is 12.2 Å². The first-order valence-electron chi connectivity index (χ1n) is 5.75. The molecule has 0 aliphatic carbocycles. The average molecular weight is 291 g/mol. The molecule has 1 aromatic carbocycles. The maximum absolute atomic E-state index is 12.2. The van der Waals surface area contributed by atoms with Gasteiger partial charge >= 0.3 is 0 Å². The summed E-state index contributed by atoms with van der Waals surface area (Å²) >= 11 is 0. The Balaban J connectivity index is 2.25. The van der Waals surface area contributed by atoms with Gasteiger partial charge in [-0.3, -0.25) is 5.10 Å². The predicted molar refractivity (Wildman–Crippen MR) is 72.8 cm³/mol. The van der Waals surface area contributed by atoms with Crippen molar-refractivity contribution in [3.63, 3.8) is 0 Å². The van der Waals surface area contributed by atoms with E-state index >= 15 is 0 Å². The molecule has 0 amide bonds. The van der Waals surface area contributed by atoms with Gasteiger partial charge in [0.05, 0.1) is 18.0 Å². The van der Waals surface area contributed by atoms with Crippen molar-refractivity contribution in [1.29, 1.82) is 0 Å². The molecule has 0 saturated carbocycles. The number of nitrogens with zero attached hydrogens (tertiary/aromatic N) is 2. The topological polar surface area (TPSA) is 114 Å². The highest BCUT2D eigenvalue weighted by Gasteiger charge is 2.17. The third kappa shape index (κ3) is 3.42. The number of sulfonamides is 1. The normalized spacial score (nSPS) is 10.8. The van der Waals surface area contributed by atoms with E-state index in [2.05, 4.69) is 31.7 Å². The van der Waals surface area contributed by atoms with Gasteiger partial charge in [-0.15, -0.1) is 0 Å². The Morgan fingerprint density at radius 3 is 2.85 bits per heavy atom. The number of H-pyrrole nitrogens is 1. The van der Waals surface area contributed by atoms with E-state index in [0.717, 1.165) is 0 Å². The smallest absolute Gasteiger partial charge is 0.242 e. The van der Waals surface area contributed by atoms with Crippen LogP contribution in [0, 0.1) is 11.8 Å². The van der Waals surface area contributed by atoms with Crippen LogP contribution in [-0.2, 0) is 16.6 Å². The zero-order chi connectivity index (χ0) is 14.4. The molecule has 2 aromatic rings. The van der Waals surface area contributed by atoms with Crippen molar-refractivity contribution in [2.75, 3.05) is 6.54 Å². The molecule has 4 N–H and O–H groups in total. The van der Waals surface area contributed by atoms with Crippen LogP contribution in [-0.4, -0.2) is 30.1 Å². The summed E-state index contributed by atoms with van der Waals surface area (Å²) in [6, 6.07) is 6.47. The van der Waals surface area contributed by atoms with Crippen molar-refractivity contribution in [1.82, 2.24) is 19.9 Å². The number of hydrogen-bond donors (Lipinski definition) is 3. The SMILES string of the molecule is NCC#Cc1ccccc1S(=O)(=O)NCc1ncn[nH]1. The number of rotatable bonds is 4. The predicted octanol–water partition coefficient (Wildman–Crippen LogP) is -0.407. The molecule has 0 atom stereocenters. The number of nitrogens with one attached hydrogen (secondary N) is 2. The first-order chi connectivity index (χ1) is 9.63. The second-order valence-electron chi connectivity index (χ2n) is 3.76. The Kier molecular flexibility index (Phi) is 4.47. The Bertz CT molecular complexity index is 729. The second-order valence-corrected chi connectivity index (χ2v) is 5.49. The lowest BCUT2D eigenvalue weighted by Crippen LogP contribution is -2.24. The monoisotopic (exact) mass is 291 g/mol. The van der Waals surface area contributed by atoms with E-state index in [1.165, 1.54) is 12.4 Å². The maximum Gasteiger partial charge on any atom is 0.242 e. The maximum atomic E-state index is 12.2. The highest BCUT2D eigenvalue weighted by molar-refractivity contribution is 7.89. The van der Waals surface area contributed by atoms with Crippen molar-refractivity contribution < 1.29 is 8.42 Å². The third-order valence-electron chi connectivity index (χ3n) is 2.40. The lowest BCUT2D eigenvalue weighted by atomic mass is 10.2. The van der Waals surface area contributed by atoms with E-state index in [1.807, 2.05) is 0 Å². The minimum Gasteiger partial charge on any atom is -0.320 e. The summed E-state index contributed by atoms with van der Waals surface area (Å²) < 4.78 is 26.9. The Morgan fingerprint density at radius 2 is 2.15 bits per heavy atom. The van der Waals surface area contributed by atoms with Crippen LogP contribution in [0.3, 0.4) is 0 Å². The summed E-state index contributed by atoms with van der Waals surface area (Å²) in [5, 5.41) is 6.22. The summed E-state index contributed by atoms with van der Waals surface area (Å²) in [7, 11) is -3.68. The van der Waals surface area contributed by atoms with Gasteiger partial charge in [-0.05, 0) is 12.1 Å². The molecule has 7 nitrogen and oxygen atoms in total. The van der Waals surface area contributed by atoms with Crippen LogP contribution >= 0.6 is 0 Å². The number of aromatic amines is 1. The fourth-order valence-corrected chi connectivity index (χ4v) is 2.66. The highest BCUT2D eigenvalue weighted by atomic mass is 32.2. The largest absolute Gasteiger partial charge is 0.320 e. The zero-order valence-corrected chi connectivity index (χ0v) is 11.3. The standard InChI is InChI=1S/C12H13N5O2S/c13-7-3-5-10-4-1-2-6-11(10)20(18,19)16-8-12-14-9-15-17-12/h1-2,4,6,9,16H,7-8,13H2,(H,14,15,17). The van der Waals surface area contributed by atoms with Gasteiger partial charge in [-0.25, -0.2) is 18.1 Å². The molecule has 1 heterocycles. The van der Waals surface area contributed by atoms with Gasteiger partial charge < -0.3 is 5.73 Å². The van der Waals surface area contributed by atoms with Crippen LogP contribution in [0.1, 0.15) is 11.4 Å². The summed E-state index contributed by atoms with van der Waals surface area (Å²) in [4.78, 5) is 3.96. The quantitative estimate of drug-likeness (QED) is 0.663. The van der Waals surface area contributed by atoms with E-state index in [1.54, 1.807) is 18.2 Å². The van der Waals surface area contributed by atoms with Crippen LogP contribution in [0.4, 0.5) is 0 Å². The zero-order valence-electron chi connectivity index (χ0n) is 10.5. The van der Waals surface area contributed by atoms with Crippen LogP contribution in [0.5, 0.6) is 0 Å². The number of aromatic nitrogens is 3. The van der Waals surface area contributed by atoms with Crippen molar-refractivity contribution in [2.24, 2.45) is 5.73 Å². The average Bonchev–Trinajstić information content (AvgIpc) is 2.97. The summed E-state index contributed by atoms with van der Waals surface area (Å²) in [6.45, 7) is 0.195. The lowest BCUT2D eigenvalue weighted by Gasteiger charge is -2.07. The first-order valence-corrected chi connectivity index (χ1v) is 7.23. The van der Waals surface area contributed by atoms with E-state index in [9.17, 15) is 8.42 Å². The number of nitrogens with two attached hydrogens (primary N) is 1. The van der Waals surface area contributed by atoms with Gasteiger partial charge in [0.25, 0.3) is 0 Å². The van der Waals surface area contributed by atoms with E-state index in [0.29, 0.717) is 11.4 Å². The van der Waals surface area contributed by atoms with Gasteiger partial charge in [-0.1, -0.05) is 24.0 Å². The fraction of sp³-hybridized carbons (Fsp3) is 0.167. The van der Waals surface area contributed by atoms with Crippen LogP contribution in [0.15, 0.2) is 35.5 Å². The van der Waals surface area contributed by atoms with Crippen molar-refractivity contribution in [3.8, 4) is 11.8 Å². The third-order valence-corrected chi connectivity index (χ3v) is 3.86. The van der Waals surface area contributed by atoms with Gasteiger partial charge in [-0.2, -0.15) is 5.10 Å². The minimum absolute atomic E-state index is 0.0288. The molecule has 104 valence electrons. The molecule has 1 aromatic heterocycles. The van der Waals surface area contributed by atoms with Crippen molar-refractivity contribution >= 4 is 10.0 Å². The molecule has 0 fully saturated rings. The summed E-state index contributed by atoms with van der Waals surface area (Å²) in [5.74, 6) is 5.82. The minimum atomic E-state index is -3.68. The van der Waals surface area contributed by atoms with Crippen LogP contribution in [0.2, 0.25) is 0 Å².